The quantitative estimate of drug-likeness (QED) is 0.264. The van der Waals surface area contributed by atoms with Crippen LogP contribution in [0, 0.1) is 7.43 Å². The number of methoxy groups -OCH3 is 2. The Morgan fingerprint density at radius 1 is 1.09 bits per heavy atom. The van der Waals surface area contributed by atoms with Crippen LogP contribution in [0.4, 0.5) is 26.2 Å². The Morgan fingerprint density at radius 3 is 2.09 bits per heavy atom. The number of carbonyl (C=O) groups is 1. The second-order valence-corrected chi connectivity index (χ2v) is 7.32. The Labute approximate surface area is 206 Å². The number of hydrogen-bond acceptors (Lipinski definition) is 5. The predicted molar refractivity (Wildman–Crippen MR) is 133 cm³/mol. The van der Waals surface area contributed by atoms with E-state index >= 15 is 0 Å². The maximum absolute atomic E-state index is 13.4. The van der Waals surface area contributed by atoms with E-state index < -0.39 is 5.67 Å². The SMILES string of the molecule is C=C(Nc1ccc(NC(=O)NCCC(C)(C)F)cc1)c1cc(OC)c(OC)cc1N.[CH3-].[HH].[HH].[HH].[V]. The molecule has 9 heteroatoms. The van der Waals surface area contributed by atoms with Crippen molar-refractivity contribution in [3.8, 4) is 11.5 Å². The molecule has 0 heterocycles. The zero-order valence-corrected chi connectivity index (χ0v) is 20.6. The van der Waals surface area contributed by atoms with Gasteiger partial charge in [-0.3, -0.25) is 0 Å². The van der Waals surface area contributed by atoms with Crippen molar-refractivity contribution in [2.75, 3.05) is 37.1 Å². The fourth-order valence-corrected chi connectivity index (χ4v) is 2.68. The molecule has 0 fully saturated rings. The normalized spacial score (nSPS) is 10.2. The zero-order valence-electron chi connectivity index (χ0n) is 19.2. The van der Waals surface area contributed by atoms with Crippen LogP contribution in [0.2, 0.25) is 0 Å². The van der Waals surface area contributed by atoms with Crippen LogP contribution in [0.1, 0.15) is 30.1 Å². The fraction of sp³-hybridized carbons (Fsp3) is 0.304. The molecule has 0 aromatic heterocycles. The van der Waals surface area contributed by atoms with Crippen LogP contribution in [-0.2, 0) is 18.6 Å². The molecule has 0 unspecified atom stereocenters. The molecular formula is C23H38FN4O3V-. The van der Waals surface area contributed by atoms with E-state index in [1.165, 1.54) is 13.8 Å². The van der Waals surface area contributed by atoms with Crippen LogP contribution >= 0.6 is 0 Å². The number of nitrogens with one attached hydrogen (secondary N) is 3. The maximum atomic E-state index is 13.4. The van der Waals surface area contributed by atoms with Crippen LogP contribution in [0.25, 0.3) is 5.70 Å². The topological polar surface area (TPSA) is 97.6 Å². The summed E-state index contributed by atoms with van der Waals surface area (Å²) in [6, 6.07) is 10.1. The zero-order chi connectivity index (χ0) is 22.3. The monoisotopic (exact) mass is 488 g/mol. The maximum Gasteiger partial charge on any atom is 0.319 e. The van der Waals surface area contributed by atoms with Crippen LogP contribution in [-0.4, -0.2) is 32.5 Å². The average Bonchev–Trinajstić information content (AvgIpc) is 2.68. The number of rotatable bonds is 9. The molecule has 2 rings (SSSR count). The van der Waals surface area contributed by atoms with E-state index in [2.05, 4.69) is 22.5 Å². The number of nitrogens with two attached hydrogens (primary N) is 1. The first-order chi connectivity index (χ1) is 14.1. The van der Waals surface area contributed by atoms with Gasteiger partial charge in [-0.1, -0.05) is 6.58 Å². The minimum Gasteiger partial charge on any atom is -0.493 e. The summed E-state index contributed by atoms with van der Waals surface area (Å²) in [6.45, 7) is 7.24. The molecule has 7 nitrogen and oxygen atoms in total. The van der Waals surface area contributed by atoms with Gasteiger partial charge in [0.15, 0.2) is 11.5 Å². The summed E-state index contributed by atoms with van der Waals surface area (Å²) in [5.41, 5.74) is 7.92. The largest absolute Gasteiger partial charge is 0.493 e. The molecule has 2 aromatic rings. The summed E-state index contributed by atoms with van der Waals surface area (Å²) in [5.74, 6) is 1.08. The molecule has 181 valence electrons. The number of amides is 2. The van der Waals surface area contributed by atoms with Gasteiger partial charge in [0.05, 0.1) is 14.2 Å². The molecule has 5 N–H and O–H groups in total. The Hall–Kier alpha value is -2.84. The Morgan fingerprint density at radius 2 is 1.59 bits per heavy atom. The molecule has 0 spiro atoms. The third kappa shape index (κ3) is 8.73. The first kappa shape index (κ1) is 29.2. The van der Waals surface area contributed by atoms with Gasteiger partial charge < -0.3 is 38.6 Å². The first-order valence-corrected chi connectivity index (χ1v) is 9.44. The smallest absolute Gasteiger partial charge is 0.319 e. The van der Waals surface area contributed by atoms with Gasteiger partial charge in [-0.15, -0.1) is 0 Å². The number of urea groups is 1. The molecule has 1 radical (unpaired) electrons. The van der Waals surface area contributed by atoms with Crippen LogP contribution < -0.4 is 31.2 Å². The van der Waals surface area contributed by atoms with Crippen LogP contribution in [0.15, 0.2) is 43.0 Å². The second kappa shape index (κ2) is 12.9. The molecule has 2 amide bonds. The minimum atomic E-state index is -1.32. The number of benzene rings is 2. The van der Waals surface area contributed by atoms with E-state index in [0.717, 1.165) is 5.69 Å². The van der Waals surface area contributed by atoms with Gasteiger partial charge >= 0.3 is 6.03 Å². The molecular weight excluding hydrogens is 450 g/mol. The average molecular weight is 489 g/mol. The van der Waals surface area contributed by atoms with Gasteiger partial charge in [0.2, 0.25) is 0 Å². The summed E-state index contributed by atoms with van der Waals surface area (Å²) >= 11 is 0. The minimum absolute atomic E-state index is 0. The summed E-state index contributed by atoms with van der Waals surface area (Å²) in [6.07, 6.45) is 0.241. The summed E-state index contributed by atoms with van der Waals surface area (Å²) < 4.78 is 24.0. The second-order valence-electron chi connectivity index (χ2n) is 7.32. The van der Waals surface area contributed by atoms with Crippen molar-refractivity contribution in [1.29, 1.82) is 0 Å². The van der Waals surface area contributed by atoms with Crippen molar-refractivity contribution < 1.29 is 41.5 Å². The molecule has 0 aliphatic rings. The van der Waals surface area contributed by atoms with Crippen molar-refractivity contribution in [2.45, 2.75) is 25.9 Å². The van der Waals surface area contributed by atoms with Gasteiger partial charge in [0.25, 0.3) is 0 Å². The van der Waals surface area contributed by atoms with Gasteiger partial charge in [0.1, 0.15) is 5.67 Å². The van der Waals surface area contributed by atoms with E-state index in [4.69, 9.17) is 15.2 Å². The Bertz CT molecular complexity index is 914. The third-order valence-electron chi connectivity index (χ3n) is 4.32. The molecule has 2 aromatic carbocycles. The van der Waals surface area contributed by atoms with Crippen molar-refractivity contribution in [3.63, 3.8) is 0 Å². The first-order valence-electron chi connectivity index (χ1n) is 9.44. The van der Waals surface area contributed by atoms with E-state index in [1.54, 1.807) is 50.6 Å². The number of anilines is 3. The van der Waals surface area contributed by atoms with Gasteiger partial charge in [-0.05, 0) is 50.6 Å². The molecule has 0 aliphatic heterocycles. The molecule has 0 saturated carbocycles. The van der Waals surface area contributed by atoms with E-state index in [0.29, 0.717) is 34.1 Å². The predicted octanol–water partition coefficient (Wildman–Crippen LogP) is 5.81. The van der Waals surface area contributed by atoms with Crippen molar-refractivity contribution in [2.24, 2.45) is 0 Å². The molecule has 0 saturated heterocycles. The van der Waals surface area contributed by atoms with Crippen LogP contribution in [0.5, 0.6) is 11.5 Å². The Kier molecular flexibility index (Phi) is 11.7. The summed E-state index contributed by atoms with van der Waals surface area (Å²) in [7, 11) is 3.09. The molecule has 0 aliphatic carbocycles. The molecule has 0 bridgehead atoms. The molecule has 32 heavy (non-hydrogen) atoms. The number of nitrogen functional groups attached to an aromatic ring is 1. The van der Waals surface area contributed by atoms with Gasteiger partial charge in [-0.25, -0.2) is 9.18 Å². The molecule has 0 atom stereocenters. The third-order valence-corrected chi connectivity index (χ3v) is 4.32. The van der Waals surface area contributed by atoms with E-state index in [-0.39, 0.29) is 49.3 Å². The van der Waals surface area contributed by atoms with Gasteiger partial charge in [0, 0.05) is 63.8 Å². The number of ether oxygens (including phenoxy) is 2. The van der Waals surface area contributed by atoms with Crippen molar-refractivity contribution in [3.05, 3.63) is 56.0 Å². The van der Waals surface area contributed by atoms with Crippen molar-refractivity contribution >= 4 is 28.8 Å². The summed E-state index contributed by atoms with van der Waals surface area (Å²) in [5, 5.41) is 8.51. The van der Waals surface area contributed by atoms with Crippen LogP contribution in [0.3, 0.4) is 0 Å². The van der Waals surface area contributed by atoms with Gasteiger partial charge in [-0.2, -0.15) is 0 Å². The standard InChI is InChI=1S/C22H29FN4O3.CH3.V.3H2/c1-14(17-12-19(29-4)20(30-5)13-18(17)24)26-15-6-8-16(9-7-15)27-21(28)25-11-10-22(2,3)23;;;;;/h6-9,12-13,26H,1,10-11,24H2,2-5H3,(H2,25,27,28);1H3;;3*1H/q;-1;;;;. The fourth-order valence-electron chi connectivity index (χ4n) is 2.68. The summed E-state index contributed by atoms with van der Waals surface area (Å²) in [4.78, 5) is 11.9. The number of alkyl halides is 1. The van der Waals surface area contributed by atoms with Crippen molar-refractivity contribution in [1.82, 2.24) is 5.32 Å². The van der Waals surface area contributed by atoms with E-state index in [1.807, 2.05) is 0 Å². The van der Waals surface area contributed by atoms with E-state index in [9.17, 15) is 9.18 Å². The number of halogens is 1. The number of hydrogen-bond donors (Lipinski definition) is 4. The Balaban J connectivity index is -0.000000961. The number of carbonyl (C=O) groups excluding carboxylic acids is 1.